The molecule has 1 rings (SSSR count). The zero-order valence-corrected chi connectivity index (χ0v) is 16.6. The number of ether oxygens (including phenoxy) is 2. The maximum absolute atomic E-state index is 12.3. The van der Waals surface area contributed by atoms with Crippen LogP contribution in [0.2, 0.25) is 0 Å². The molecule has 0 heterocycles. The molecule has 0 aromatic heterocycles. The van der Waals surface area contributed by atoms with E-state index in [0.29, 0.717) is 23.5 Å². The van der Waals surface area contributed by atoms with Crippen LogP contribution in [0.3, 0.4) is 0 Å². The van der Waals surface area contributed by atoms with E-state index in [4.69, 9.17) is 9.47 Å². The Hall–Kier alpha value is -1.75. The summed E-state index contributed by atoms with van der Waals surface area (Å²) in [7, 11) is 3.13. The molecule has 142 valence electrons. The van der Waals surface area contributed by atoms with Crippen LogP contribution in [0, 0.1) is 5.41 Å². The molecule has 0 saturated carbocycles. The highest BCUT2D eigenvalue weighted by Gasteiger charge is 2.27. The third-order valence-electron chi connectivity index (χ3n) is 3.89. The normalized spacial score (nSPS) is 13.3. The van der Waals surface area contributed by atoms with Crippen LogP contribution in [0.5, 0.6) is 11.5 Å². The third-order valence-corrected chi connectivity index (χ3v) is 3.89. The molecule has 0 bridgehead atoms. The molecule has 1 aromatic carbocycles. The Morgan fingerprint density at radius 2 is 1.80 bits per heavy atom. The summed E-state index contributed by atoms with van der Waals surface area (Å²) in [6.45, 7) is 10.5. The topological polar surface area (TPSA) is 67.8 Å². The van der Waals surface area contributed by atoms with Gasteiger partial charge in [0.2, 0.25) is 5.91 Å². The summed E-state index contributed by atoms with van der Waals surface area (Å²) in [5.74, 6) is 1.16. The van der Waals surface area contributed by atoms with Crippen molar-refractivity contribution in [2.24, 2.45) is 5.41 Å². The number of nitrogens with one attached hydrogen (secondary N) is 1. The summed E-state index contributed by atoms with van der Waals surface area (Å²) in [6, 6.07) is 5.27. The van der Waals surface area contributed by atoms with E-state index in [9.17, 15) is 9.90 Å². The molecular weight excluding hydrogens is 318 g/mol. The number of hydrogen-bond acceptors (Lipinski definition) is 4. The largest absolute Gasteiger partial charge is 0.497 e. The fourth-order valence-corrected chi connectivity index (χ4v) is 3.33. The zero-order chi connectivity index (χ0) is 19.3. The first-order valence-electron chi connectivity index (χ1n) is 8.68. The SMILES string of the molecule is COc1ccc(C(O)CCC(=O)NC(C)(C)CC(C)(C)C)c(OC)c1. The summed E-state index contributed by atoms with van der Waals surface area (Å²) in [5, 5.41) is 13.5. The number of aliphatic hydroxyl groups is 1. The van der Waals surface area contributed by atoms with E-state index in [2.05, 4.69) is 26.1 Å². The standard InChI is InChI=1S/C20H33NO4/c1-19(2,3)13-20(4,5)21-18(23)11-10-16(22)15-9-8-14(24-6)12-17(15)25-7/h8-9,12,16,22H,10-11,13H2,1-7H3,(H,21,23). The van der Waals surface area contributed by atoms with Crippen molar-refractivity contribution in [3.63, 3.8) is 0 Å². The number of carbonyl (C=O) groups is 1. The molecule has 25 heavy (non-hydrogen) atoms. The quantitative estimate of drug-likeness (QED) is 0.746. The van der Waals surface area contributed by atoms with Crippen LogP contribution in [0.25, 0.3) is 0 Å². The average Bonchev–Trinajstić information content (AvgIpc) is 2.48. The van der Waals surface area contributed by atoms with Gasteiger partial charge in [-0.3, -0.25) is 4.79 Å². The molecule has 1 atom stereocenters. The minimum Gasteiger partial charge on any atom is -0.497 e. The Balaban J connectivity index is 2.64. The number of aliphatic hydroxyl groups excluding tert-OH is 1. The van der Waals surface area contributed by atoms with Gasteiger partial charge in [-0.25, -0.2) is 0 Å². The fraction of sp³-hybridized carbons (Fsp3) is 0.650. The number of rotatable bonds is 8. The molecule has 0 spiro atoms. The summed E-state index contributed by atoms with van der Waals surface area (Å²) in [6.07, 6.45) is 0.697. The highest BCUT2D eigenvalue weighted by molar-refractivity contribution is 5.76. The summed E-state index contributed by atoms with van der Waals surface area (Å²) in [5.41, 5.74) is 0.509. The molecular formula is C20H33NO4. The average molecular weight is 351 g/mol. The second-order valence-electron chi connectivity index (χ2n) is 8.33. The van der Waals surface area contributed by atoms with Gasteiger partial charge in [-0.15, -0.1) is 0 Å². The van der Waals surface area contributed by atoms with Gasteiger partial charge in [-0.2, -0.15) is 0 Å². The van der Waals surface area contributed by atoms with Crippen molar-refractivity contribution < 1.29 is 19.4 Å². The molecule has 0 saturated heterocycles. The van der Waals surface area contributed by atoms with E-state index in [1.165, 1.54) is 0 Å². The first kappa shape index (κ1) is 21.3. The molecule has 5 nitrogen and oxygen atoms in total. The molecule has 1 unspecified atom stereocenters. The van der Waals surface area contributed by atoms with Gasteiger partial charge in [0.15, 0.2) is 0 Å². The molecule has 5 heteroatoms. The lowest BCUT2D eigenvalue weighted by Crippen LogP contribution is -2.45. The molecule has 0 aliphatic rings. The number of hydrogen-bond donors (Lipinski definition) is 2. The maximum atomic E-state index is 12.3. The number of amides is 1. The summed E-state index contributed by atoms with van der Waals surface area (Å²) >= 11 is 0. The highest BCUT2D eigenvalue weighted by Crippen LogP contribution is 2.32. The molecule has 2 N–H and O–H groups in total. The van der Waals surface area contributed by atoms with Crippen LogP contribution in [-0.4, -0.2) is 30.8 Å². The molecule has 0 fully saturated rings. The lowest BCUT2D eigenvalue weighted by atomic mass is 9.81. The summed E-state index contributed by atoms with van der Waals surface area (Å²) in [4.78, 5) is 12.3. The molecule has 1 amide bonds. The van der Waals surface area contributed by atoms with Gasteiger partial charge in [0, 0.05) is 23.6 Å². The second-order valence-corrected chi connectivity index (χ2v) is 8.33. The van der Waals surface area contributed by atoms with E-state index < -0.39 is 6.10 Å². The summed E-state index contributed by atoms with van der Waals surface area (Å²) < 4.78 is 10.5. The van der Waals surface area contributed by atoms with Crippen molar-refractivity contribution in [2.75, 3.05) is 14.2 Å². The van der Waals surface area contributed by atoms with E-state index in [1.807, 2.05) is 13.8 Å². The first-order chi connectivity index (χ1) is 11.5. The highest BCUT2D eigenvalue weighted by atomic mass is 16.5. The van der Waals surface area contributed by atoms with Crippen LogP contribution >= 0.6 is 0 Å². The first-order valence-corrected chi connectivity index (χ1v) is 8.68. The van der Waals surface area contributed by atoms with Crippen LogP contribution in [-0.2, 0) is 4.79 Å². The lowest BCUT2D eigenvalue weighted by molar-refractivity contribution is -0.123. The molecule has 0 aliphatic heterocycles. The van der Waals surface area contributed by atoms with Crippen molar-refractivity contribution in [1.82, 2.24) is 5.32 Å². The lowest BCUT2D eigenvalue weighted by Gasteiger charge is -2.33. The fourth-order valence-electron chi connectivity index (χ4n) is 3.33. The Morgan fingerprint density at radius 1 is 1.16 bits per heavy atom. The molecule has 1 aromatic rings. The van der Waals surface area contributed by atoms with Gasteiger partial charge in [0.1, 0.15) is 11.5 Å². The Kier molecular flexibility index (Phi) is 7.29. The van der Waals surface area contributed by atoms with Gasteiger partial charge in [-0.1, -0.05) is 20.8 Å². The van der Waals surface area contributed by atoms with Gasteiger partial charge in [0.25, 0.3) is 0 Å². The van der Waals surface area contributed by atoms with Crippen LogP contribution < -0.4 is 14.8 Å². The van der Waals surface area contributed by atoms with Crippen LogP contribution in [0.15, 0.2) is 18.2 Å². The van der Waals surface area contributed by atoms with Crippen molar-refractivity contribution in [3.8, 4) is 11.5 Å². The van der Waals surface area contributed by atoms with Crippen molar-refractivity contribution in [1.29, 1.82) is 0 Å². The van der Waals surface area contributed by atoms with Gasteiger partial charge in [-0.05, 0) is 44.2 Å². The third kappa shape index (κ3) is 7.34. The van der Waals surface area contributed by atoms with E-state index in [1.54, 1.807) is 32.4 Å². The predicted molar refractivity (Wildman–Crippen MR) is 100 cm³/mol. The predicted octanol–water partition coefficient (Wildman–Crippen LogP) is 3.85. The van der Waals surface area contributed by atoms with Crippen molar-refractivity contribution >= 4 is 5.91 Å². The minimum absolute atomic E-state index is 0.0548. The smallest absolute Gasteiger partial charge is 0.220 e. The van der Waals surface area contributed by atoms with Crippen molar-refractivity contribution in [3.05, 3.63) is 23.8 Å². The van der Waals surface area contributed by atoms with E-state index in [-0.39, 0.29) is 23.3 Å². The van der Waals surface area contributed by atoms with Gasteiger partial charge in [0.05, 0.1) is 20.3 Å². The van der Waals surface area contributed by atoms with Gasteiger partial charge >= 0.3 is 0 Å². The van der Waals surface area contributed by atoms with Crippen LogP contribution in [0.1, 0.15) is 65.5 Å². The minimum atomic E-state index is -0.766. The zero-order valence-electron chi connectivity index (χ0n) is 16.6. The Morgan fingerprint density at radius 3 is 2.32 bits per heavy atom. The molecule has 0 aliphatic carbocycles. The Bertz CT molecular complexity index is 576. The maximum Gasteiger partial charge on any atom is 0.220 e. The van der Waals surface area contributed by atoms with Crippen LogP contribution in [0.4, 0.5) is 0 Å². The Labute approximate surface area is 151 Å². The van der Waals surface area contributed by atoms with E-state index in [0.717, 1.165) is 6.42 Å². The molecule has 0 radical (unpaired) electrons. The number of carbonyl (C=O) groups excluding carboxylic acids is 1. The van der Waals surface area contributed by atoms with E-state index >= 15 is 0 Å². The number of methoxy groups -OCH3 is 2. The monoisotopic (exact) mass is 351 g/mol. The van der Waals surface area contributed by atoms with Gasteiger partial charge < -0.3 is 19.9 Å². The van der Waals surface area contributed by atoms with Crippen molar-refractivity contribution in [2.45, 2.75) is 65.5 Å². The number of benzene rings is 1. The second kappa shape index (κ2) is 8.56.